The van der Waals surface area contributed by atoms with Crippen LogP contribution in [0.5, 0.6) is 0 Å². The van der Waals surface area contributed by atoms with Crippen LogP contribution in [0, 0.1) is 0 Å². The maximum atomic E-state index is 12.9. The Hall–Kier alpha value is -3.09. The normalized spacial score (nSPS) is 12.9. The molecule has 0 aliphatic rings. The zero-order chi connectivity index (χ0) is 20.7. The Labute approximate surface area is 156 Å². The molecule has 0 radical (unpaired) electrons. The molecular weight excluding hydrogens is 401 g/mol. The van der Waals surface area contributed by atoms with Gasteiger partial charge in [-0.05, 0) is 12.1 Å². The van der Waals surface area contributed by atoms with E-state index < -0.39 is 21.7 Å². The number of sulfone groups is 1. The highest BCUT2D eigenvalue weighted by Gasteiger charge is 2.34. The van der Waals surface area contributed by atoms with Gasteiger partial charge in [-0.1, -0.05) is 12.1 Å². The number of aryl methyl sites for hydroxylation is 1. The smallest absolute Gasteiger partial charge is 0.411 e. The molecule has 9 nitrogen and oxygen atoms in total. The maximum absolute atomic E-state index is 12.9. The minimum atomic E-state index is -4.70. The number of alkyl halides is 3. The predicted octanol–water partition coefficient (Wildman–Crippen LogP) is 2.05. The van der Waals surface area contributed by atoms with Crippen LogP contribution < -0.4 is 0 Å². The first-order chi connectivity index (χ1) is 13.1. The van der Waals surface area contributed by atoms with Crippen LogP contribution in [-0.4, -0.2) is 50.3 Å². The predicted molar refractivity (Wildman–Crippen MR) is 91.6 cm³/mol. The summed E-state index contributed by atoms with van der Waals surface area (Å²) in [6.07, 6.45) is -3.72. The van der Waals surface area contributed by atoms with E-state index in [1.165, 1.54) is 30.7 Å². The first-order valence-corrected chi connectivity index (χ1v) is 9.42. The van der Waals surface area contributed by atoms with Crippen molar-refractivity contribution in [1.29, 1.82) is 0 Å². The zero-order valence-electron chi connectivity index (χ0n) is 14.5. The second kappa shape index (κ2) is 6.82. The second-order valence-corrected chi connectivity index (χ2v) is 7.91. The van der Waals surface area contributed by atoms with Gasteiger partial charge in [0.25, 0.3) is 0 Å². The van der Waals surface area contributed by atoms with Crippen LogP contribution in [0.3, 0.4) is 0 Å². The summed E-state index contributed by atoms with van der Waals surface area (Å²) in [4.78, 5) is 8.07. The number of rotatable bonds is 4. The second-order valence-electron chi connectivity index (χ2n) is 5.66. The highest BCUT2D eigenvalue weighted by Crippen LogP contribution is 2.31. The van der Waals surface area contributed by atoms with Crippen molar-refractivity contribution < 1.29 is 26.8 Å². The quantitative estimate of drug-likeness (QED) is 0.394. The molecule has 13 heteroatoms. The van der Waals surface area contributed by atoms with Crippen molar-refractivity contribution in [2.24, 2.45) is 12.2 Å². The molecule has 0 bridgehead atoms. The molecule has 148 valence electrons. The van der Waals surface area contributed by atoms with Gasteiger partial charge in [0.2, 0.25) is 0 Å². The average Bonchev–Trinajstić information content (AvgIpc) is 2.97. The van der Waals surface area contributed by atoms with Crippen LogP contribution in [0.2, 0.25) is 0 Å². The number of halogens is 3. The lowest BCUT2D eigenvalue weighted by Crippen LogP contribution is -2.10. The minimum absolute atomic E-state index is 0.0193. The molecule has 0 amide bonds. The van der Waals surface area contributed by atoms with Crippen molar-refractivity contribution in [3.63, 3.8) is 0 Å². The highest BCUT2D eigenvalue weighted by molar-refractivity contribution is 7.91. The molecular formula is C15H13F3N6O3S. The first-order valence-electron chi connectivity index (χ1n) is 7.77. The van der Waals surface area contributed by atoms with Crippen LogP contribution in [0.25, 0.3) is 22.7 Å². The van der Waals surface area contributed by atoms with E-state index >= 15 is 0 Å². The third-order valence-electron chi connectivity index (χ3n) is 3.90. The average molecular weight is 414 g/mol. The summed E-state index contributed by atoms with van der Waals surface area (Å²) in [6.45, 7) is 1.44. The fourth-order valence-electron chi connectivity index (χ4n) is 2.50. The van der Waals surface area contributed by atoms with Crippen LogP contribution in [0.1, 0.15) is 18.3 Å². The molecule has 0 spiro atoms. The van der Waals surface area contributed by atoms with E-state index in [4.69, 9.17) is 5.21 Å². The standard InChI is InChI=1S/C15H13F3N6O3S/c1-3-28(26,27)10-5-4-8(7-19-25)20-12(10)14-21-9-6-11(15(16,17)18)22-23-13(9)24(14)2/h4-7,25H,3H2,1-2H3/b19-7+. The van der Waals surface area contributed by atoms with Crippen molar-refractivity contribution in [2.45, 2.75) is 18.0 Å². The van der Waals surface area contributed by atoms with Crippen molar-refractivity contribution in [3.8, 4) is 11.5 Å². The van der Waals surface area contributed by atoms with Gasteiger partial charge in [-0.25, -0.2) is 18.4 Å². The Bertz CT molecular complexity index is 1190. The Kier molecular flexibility index (Phi) is 4.79. The monoisotopic (exact) mass is 414 g/mol. The Morgan fingerprint density at radius 2 is 1.96 bits per heavy atom. The van der Waals surface area contributed by atoms with E-state index in [0.29, 0.717) is 0 Å². The lowest BCUT2D eigenvalue weighted by molar-refractivity contribution is -0.141. The van der Waals surface area contributed by atoms with Crippen molar-refractivity contribution >= 4 is 27.2 Å². The van der Waals surface area contributed by atoms with Gasteiger partial charge in [0, 0.05) is 13.1 Å². The summed E-state index contributed by atoms with van der Waals surface area (Å²) in [5.41, 5.74) is -1.30. The third kappa shape index (κ3) is 3.40. The molecule has 0 unspecified atom stereocenters. The maximum Gasteiger partial charge on any atom is 0.435 e. The summed E-state index contributed by atoms with van der Waals surface area (Å²) in [6, 6.07) is 3.32. The van der Waals surface area contributed by atoms with E-state index in [1.807, 2.05) is 0 Å². The van der Waals surface area contributed by atoms with E-state index in [2.05, 4.69) is 25.3 Å². The van der Waals surface area contributed by atoms with Crippen LogP contribution >= 0.6 is 0 Å². The number of imidazole rings is 1. The van der Waals surface area contributed by atoms with Crippen molar-refractivity contribution in [2.75, 3.05) is 5.75 Å². The number of fused-ring (bicyclic) bond motifs is 1. The molecule has 0 atom stereocenters. The lowest BCUT2D eigenvalue weighted by Gasteiger charge is -2.09. The number of nitrogens with zero attached hydrogens (tertiary/aromatic N) is 6. The molecule has 3 aromatic heterocycles. The van der Waals surface area contributed by atoms with Crippen LogP contribution in [0.15, 0.2) is 28.3 Å². The van der Waals surface area contributed by atoms with Crippen LogP contribution in [-0.2, 0) is 23.1 Å². The lowest BCUT2D eigenvalue weighted by atomic mass is 10.3. The molecule has 0 aliphatic carbocycles. The summed E-state index contributed by atoms with van der Waals surface area (Å²) < 4.78 is 64.8. The van der Waals surface area contributed by atoms with Gasteiger partial charge < -0.3 is 9.77 Å². The fourth-order valence-corrected chi connectivity index (χ4v) is 3.51. The topological polar surface area (TPSA) is 123 Å². The SMILES string of the molecule is CCS(=O)(=O)c1ccc(/C=N/O)nc1-c1nc2cc(C(F)(F)F)nnc2n1C. The summed E-state index contributed by atoms with van der Waals surface area (Å²) in [7, 11) is -2.29. The Morgan fingerprint density at radius 1 is 1.25 bits per heavy atom. The van der Waals surface area contributed by atoms with Gasteiger partial charge >= 0.3 is 6.18 Å². The molecule has 3 aromatic rings. The number of hydrogen-bond acceptors (Lipinski definition) is 8. The number of oxime groups is 1. The summed E-state index contributed by atoms with van der Waals surface area (Å²) in [5, 5.41) is 18.2. The number of pyridine rings is 1. The highest BCUT2D eigenvalue weighted by atomic mass is 32.2. The molecule has 0 aliphatic heterocycles. The minimum Gasteiger partial charge on any atom is -0.411 e. The summed E-state index contributed by atoms with van der Waals surface area (Å²) in [5.74, 6) is -0.249. The zero-order valence-corrected chi connectivity index (χ0v) is 15.3. The van der Waals surface area contributed by atoms with Gasteiger partial charge in [-0.2, -0.15) is 13.2 Å². The van der Waals surface area contributed by atoms with Gasteiger partial charge in [-0.15, -0.1) is 10.2 Å². The molecule has 0 saturated carbocycles. The molecule has 3 heterocycles. The third-order valence-corrected chi connectivity index (χ3v) is 5.66. The van der Waals surface area contributed by atoms with Crippen molar-refractivity contribution in [1.82, 2.24) is 24.7 Å². The molecule has 0 saturated heterocycles. The summed E-state index contributed by atoms with van der Waals surface area (Å²) >= 11 is 0. The van der Waals surface area contributed by atoms with Gasteiger partial charge in [-0.3, -0.25) is 0 Å². The number of hydrogen-bond donors (Lipinski definition) is 1. The van der Waals surface area contributed by atoms with Gasteiger partial charge in [0.15, 0.2) is 27.0 Å². The Balaban J connectivity index is 2.31. The van der Waals surface area contributed by atoms with E-state index in [-0.39, 0.29) is 39.0 Å². The van der Waals surface area contributed by atoms with E-state index in [1.54, 1.807) is 0 Å². The molecule has 28 heavy (non-hydrogen) atoms. The number of aromatic nitrogens is 5. The largest absolute Gasteiger partial charge is 0.435 e. The van der Waals surface area contributed by atoms with E-state index in [9.17, 15) is 21.6 Å². The van der Waals surface area contributed by atoms with Crippen molar-refractivity contribution in [3.05, 3.63) is 29.6 Å². The van der Waals surface area contributed by atoms with Crippen LogP contribution in [0.4, 0.5) is 13.2 Å². The molecule has 0 aromatic carbocycles. The fraction of sp³-hybridized carbons (Fsp3) is 0.267. The molecule has 3 rings (SSSR count). The van der Waals surface area contributed by atoms with Gasteiger partial charge in [0.05, 0.1) is 22.6 Å². The van der Waals surface area contributed by atoms with Gasteiger partial charge in [0.1, 0.15) is 11.2 Å². The Morgan fingerprint density at radius 3 is 2.57 bits per heavy atom. The first kappa shape index (κ1) is 19.7. The molecule has 1 N–H and O–H groups in total. The van der Waals surface area contributed by atoms with E-state index in [0.717, 1.165) is 12.3 Å². The molecule has 0 fully saturated rings.